The van der Waals surface area contributed by atoms with Crippen LogP contribution in [-0.2, 0) is 6.54 Å². The largest absolute Gasteiger partial charge is 0.496 e. The molecule has 214 valence electrons. The van der Waals surface area contributed by atoms with Gasteiger partial charge in [0.15, 0.2) is 0 Å². The Balaban J connectivity index is 0.00000106. The van der Waals surface area contributed by atoms with Crippen molar-refractivity contribution < 1.29 is 18.3 Å². The number of benzene rings is 2. The Morgan fingerprint density at radius 3 is 2.30 bits per heavy atom. The molecule has 0 saturated heterocycles. The van der Waals surface area contributed by atoms with Crippen molar-refractivity contribution in [3.63, 3.8) is 0 Å². The Labute approximate surface area is 243 Å². The van der Waals surface area contributed by atoms with Gasteiger partial charge >= 0.3 is 0 Å². The van der Waals surface area contributed by atoms with Crippen LogP contribution in [0.15, 0.2) is 54.9 Å². The third kappa shape index (κ3) is 6.79. The van der Waals surface area contributed by atoms with E-state index in [0.29, 0.717) is 12.3 Å². The summed E-state index contributed by atoms with van der Waals surface area (Å²) in [6.45, 7) is 4.29. The van der Waals surface area contributed by atoms with E-state index in [1.807, 2.05) is 44.2 Å². The SMILES string of the molecule is CC.CN.COc1ccc(-c2ccncc2)cc1CN(C(=O)c1sc2c(F)ccc(F)c2c1Cl)C1CCCCC1. The second-order valence-electron chi connectivity index (χ2n) is 8.97. The molecule has 5 nitrogen and oxygen atoms in total. The van der Waals surface area contributed by atoms with Crippen LogP contribution in [0.3, 0.4) is 0 Å². The van der Waals surface area contributed by atoms with E-state index < -0.39 is 11.6 Å². The lowest BCUT2D eigenvalue weighted by molar-refractivity contribution is 0.0618. The summed E-state index contributed by atoms with van der Waals surface area (Å²) in [4.78, 5) is 20.0. The predicted molar refractivity (Wildman–Crippen MR) is 161 cm³/mol. The van der Waals surface area contributed by atoms with Gasteiger partial charge in [0.2, 0.25) is 0 Å². The molecule has 0 radical (unpaired) electrons. The maximum atomic E-state index is 14.5. The number of thiophene rings is 1. The number of aromatic nitrogens is 1. The predicted octanol–water partition coefficient (Wildman–Crippen LogP) is 8.48. The molecule has 2 heterocycles. The molecule has 0 unspecified atom stereocenters. The number of fused-ring (bicyclic) bond motifs is 1. The van der Waals surface area contributed by atoms with Gasteiger partial charge < -0.3 is 15.4 Å². The van der Waals surface area contributed by atoms with Gasteiger partial charge in [-0.2, -0.15) is 0 Å². The molecule has 0 bridgehead atoms. The summed E-state index contributed by atoms with van der Waals surface area (Å²) in [5.74, 6) is -0.875. The first-order valence-corrected chi connectivity index (χ1v) is 14.7. The van der Waals surface area contributed by atoms with Crippen molar-refractivity contribution in [3.05, 3.63) is 82.0 Å². The Morgan fingerprint density at radius 2 is 1.68 bits per heavy atom. The molecular weight excluding hydrogens is 552 g/mol. The Morgan fingerprint density at radius 1 is 1.02 bits per heavy atom. The number of carbonyl (C=O) groups is 1. The number of hydrogen-bond donors (Lipinski definition) is 1. The molecule has 0 spiro atoms. The maximum absolute atomic E-state index is 14.5. The van der Waals surface area contributed by atoms with Crippen molar-refractivity contribution in [2.24, 2.45) is 5.73 Å². The van der Waals surface area contributed by atoms with Gasteiger partial charge in [-0.25, -0.2) is 8.78 Å². The number of nitrogens with two attached hydrogens (primary N) is 1. The molecule has 2 N–H and O–H groups in total. The number of rotatable bonds is 6. The summed E-state index contributed by atoms with van der Waals surface area (Å²) >= 11 is 7.41. The molecular formula is C31H36ClF2N3O2S. The standard InChI is InChI=1S/C28H25ClF2N2O2S.C2H6.CH5N/c1-35-23-10-7-18(17-11-13-32-14-12-17)15-19(23)16-33(20-5-3-2-4-6-20)28(34)27-25(29)24-21(30)8-9-22(31)26(24)36-27;2*1-2/h7-15,20H,2-6,16H2,1H3;1-2H3;2H2,1H3. The first-order chi connectivity index (χ1) is 19.5. The van der Waals surface area contributed by atoms with Crippen molar-refractivity contribution in [2.75, 3.05) is 14.2 Å². The minimum atomic E-state index is -0.636. The number of methoxy groups -OCH3 is 1. The van der Waals surface area contributed by atoms with E-state index in [2.05, 4.69) is 10.7 Å². The average Bonchev–Trinajstić information content (AvgIpc) is 3.38. The highest BCUT2D eigenvalue weighted by Gasteiger charge is 2.31. The second-order valence-corrected chi connectivity index (χ2v) is 10.4. The zero-order valence-corrected chi connectivity index (χ0v) is 24.9. The number of amides is 1. The summed E-state index contributed by atoms with van der Waals surface area (Å²) in [6.07, 6.45) is 8.36. The van der Waals surface area contributed by atoms with Crippen LogP contribution in [0.25, 0.3) is 21.2 Å². The van der Waals surface area contributed by atoms with Crippen LogP contribution in [-0.4, -0.2) is 36.0 Å². The van der Waals surface area contributed by atoms with Crippen LogP contribution in [0.1, 0.15) is 61.2 Å². The number of halogens is 3. The smallest absolute Gasteiger partial charge is 0.266 e. The lowest BCUT2D eigenvalue weighted by Crippen LogP contribution is -2.40. The van der Waals surface area contributed by atoms with Crippen molar-refractivity contribution in [1.29, 1.82) is 0 Å². The van der Waals surface area contributed by atoms with Gasteiger partial charge in [-0.15, -0.1) is 11.3 Å². The van der Waals surface area contributed by atoms with E-state index in [4.69, 9.17) is 16.3 Å². The van der Waals surface area contributed by atoms with Gasteiger partial charge in [-0.05, 0) is 67.4 Å². The first-order valence-electron chi connectivity index (χ1n) is 13.5. The van der Waals surface area contributed by atoms with Crippen LogP contribution in [0, 0.1) is 11.6 Å². The van der Waals surface area contributed by atoms with Crippen molar-refractivity contribution in [2.45, 2.75) is 58.5 Å². The summed E-state index contributed by atoms with van der Waals surface area (Å²) in [5, 5.41) is -0.0683. The van der Waals surface area contributed by atoms with Crippen molar-refractivity contribution >= 4 is 38.9 Å². The van der Waals surface area contributed by atoms with Gasteiger partial charge in [0.25, 0.3) is 5.91 Å². The third-order valence-corrected chi connectivity index (χ3v) is 8.46. The molecule has 1 aliphatic rings. The van der Waals surface area contributed by atoms with Crippen LogP contribution in [0.4, 0.5) is 8.78 Å². The van der Waals surface area contributed by atoms with Crippen LogP contribution in [0.2, 0.25) is 5.02 Å². The van der Waals surface area contributed by atoms with Crippen molar-refractivity contribution in [3.8, 4) is 16.9 Å². The van der Waals surface area contributed by atoms with E-state index in [0.717, 1.165) is 72.3 Å². The van der Waals surface area contributed by atoms with Gasteiger partial charge in [0.05, 0.1) is 22.2 Å². The van der Waals surface area contributed by atoms with Gasteiger partial charge in [-0.3, -0.25) is 9.78 Å². The van der Waals surface area contributed by atoms with E-state index in [9.17, 15) is 13.6 Å². The monoisotopic (exact) mass is 587 g/mol. The van der Waals surface area contributed by atoms with Crippen LogP contribution in [0.5, 0.6) is 5.75 Å². The third-order valence-electron chi connectivity index (χ3n) is 6.79. The highest BCUT2D eigenvalue weighted by Crippen LogP contribution is 2.40. The molecule has 40 heavy (non-hydrogen) atoms. The molecule has 1 saturated carbocycles. The minimum Gasteiger partial charge on any atom is -0.496 e. The topological polar surface area (TPSA) is 68.5 Å². The fraction of sp³-hybridized carbons (Fsp3) is 0.355. The van der Waals surface area contributed by atoms with Crippen LogP contribution < -0.4 is 10.5 Å². The van der Waals surface area contributed by atoms with Gasteiger partial charge in [0.1, 0.15) is 22.3 Å². The number of pyridine rings is 1. The zero-order valence-electron chi connectivity index (χ0n) is 23.3. The number of hydrogen-bond acceptors (Lipinski definition) is 5. The zero-order chi connectivity index (χ0) is 29.2. The van der Waals surface area contributed by atoms with Gasteiger partial charge in [0, 0.05) is 30.5 Å². The van der Waals surface area contributed by atoms with E-state index in [1.165, 1.54) is 7.05 Å². The average molecular weight is 588 g/mol. The van der Waals surface area contributed by atoms with E-state index in [-0.39, 0.29) is 31.9 Å². The summed E-state index contributed by atoms with van der Waals surface area (Å²) in [5.41, 5.74) is 7.33. The number of nitrogens with zero attached hydrogens (tertiary/aromatic N) is 2. The summed E-state index contributed by atoms with van der Waals surface area (Å²) < 4.78 is 34.7. The summed E-state index contributed by atoms with van der Waals surface area (Å²) in [7, 11) is 3.10. The Kier molecular flexibility index (Phi) is 11.9. The maximum Gasteiger partial charge on any atom is 0.266 e. The quantitative estimate of drug-likeness (QED) is 0.246. The molecule has 0 atom stereocenters. The van der Waals surface area contributed by atoms with Crippen molar-refractivity contribution in [1.82, 2.24) is 9.88 Å². The highest BCUT2D eigenvalue weighted by molar-refractivity contribution is 7.21. The lowest BCUT2D eigenvalue weighted by Gasteiger charge is -2.34. The fourth-order valence-electron chi connectivity index (χ4n) is 4.93. The molecule has 1 aliphatic carbocycles. The Hall–Kier alpha value is -3.07. The molecule has 4 aromatic rings. The first kappa shape index (κ1) is 31.5. The number of ether oxygens (including phenoxy) is 1. The molecule has 1 fully saturated rings. The molecule has 0 aliphatic heterocycles. The lowest BCUT2D eigenvalue weighted by atomic mass is 9.93. The normalized spacial score (nSPS) is 13.1. The Bertz CT molecular complexity index is 1410. The molecule has 9 heteroatoms. The van der Waals surface area contributed by atoms with Gasteiger partial charge in [-0.1, -0.05) is 50.8 Å². The fourth-order valence-corrected chi connectivity index (χ4v) is 6.44. The van der Waals surface area contributed by atoms with E-state index in [1.54, 1.807) is 24.4 Å². The molecule has 2 aromatic carbocycles. The van der Waals surface area contributed by atoms with Crippen LogP contribution >= 0.6 is 22.9 Å². The second kappa shape index (κ2) is 15.1. The molecule has 2 aromatic heterocycles. The molecule has 1 amide bonds. The highest BCUT2D eigenvalue weighted by atomic mass is 35.5. The number of carbonyl (C=O) groups excluding carboxylic acids is 1. The minimum absolute atomic E-state index is 0.00323. The molecule has 5 rings (SSSR count). The summed E-state index contributed by atoms with van der Waals surface area (Å²) in [6, 6.07) is 11.8. The van der Waals surface area contributed by atoms with E-state index >= 15 is 0 Å².